The van der Waals surface area contributed by atoms with Crippen LogP contribution in [0.5, 0.6) is 0 Å². The van der Waals surface area contributed by atoms with Gasteiger partial charge in [-0.05, 0) is 54.6 Å². The standard InChI is InChI=1S/C25H22N6O10S2.2K/c26-22(32)20-18(24(34)30(28-20)14-6-10-16(11-7-14)42(36,37)38)4-2-1-3-5-19-21(23(27)33)29-31(25(19)35)15-8-12-17(13-9-15)43(39,40)41;;/h1-13,18,24,34H,(H2,26,32)(H2,27,33)(H,36,37,38)(H,39,40,41);;/q;2*+1/p-2. The summed E-state index contributed by atoms with van der Waals surface area (Å²) in [6, 6.07) is 8.73. The summed E-state index contributed by atoms with van der Waals surface area (Å²) in [5, 5.41) is 20.5. The third kappa shape index (κ3) is 9.21. The molecule has 0 radical (unpaired) electrons. The number of allylic oxidation sites excluding steroid dienone is 4. The van der Waals surface area contributed by atoms with Gasteiger partial charge in [0.1, 0.15) is 25.9 Å². The second kappa shape index (κ2) is 15.9. The van der Waals surface area contributed by atoms with E-state index in [1.54, 1.807) is 0 Å². The molecule has 0 aromatic heterocycles. The van der Waals surface area contributed by atoms with Crippen LogP contribution in [-0.2, 0) is 34.6 Å². The van der Waals surface area contributed by atoms with Crippen molar-refractivity contribution in [2.24, 2.45) is 27.6 Å². The zero-order valence-corrected chi connectivity index (χ0v) is 31.4. The maximum Gasteiger partial charge on any atom is 1.00 e. The third-order valence-electron chi connectivity index (χ3n) is 6.03. The van der Waals surface area contributed by atoms with Crippen LogP contribution in [0.2, 0.25) is 0 Å². The van der Waals surface area contributed by atoms with Crippen molar-refractivity contribution in [1.29, 1.82) is 0 Å². The molecule has 16 nitrogen and oxygen atoms in total. The molecule has 20 heteroatoms. The molecule has 224 valence electrons. The number of hydrazone groups is 2. The van der Waals surface area contributed by atoms with E-state index < -0.39 is 59.9 Å². The summed E-state index contributed by atoms with van der Waals surface area (Å²) in [4.78, 5) is 35.8. The Hall–Kier alpha value is -1.74. The zero-order valence-electron chi connectivity index (χ0n) is 23.5. The van der Waals surface area contributed by atoms with Gasteiger partial charge in [0, 0.05) is 0 Å². The normalized spacial score (nSPS) is 19.4. The summed E-state index contributed by atoms with van der Waals surface area (Å²) in [5.41, 5.74) is 10.2. The summed E-state index contributed by atoms with van der Waals surface area (Å²) in [5.74, 6) is -3.78. The summed E-state index contributed by atoms with van der Waals surface area (Å²) in [6.07, 6.45) is 5.26. The average Bonchev–Trinajstić information content (AvgIpc) is 3.44. The van der Waals surface area contributed by atoms with Gasteiger partial charge in [-0.3, -0.25) is 14.4 Å². The number of carbonyl (C=O) groups excluding carboxylic acids is 3. The van der Waals surface area contributed by atoms with E-state index in [2.05, 4.69) is 10.2 Å². The van der Waals surface area contributed by atoms with Crippen LogP contribution in [0.4, 0.5) is 11.4 Å². The molecule has 2 atom stereocenters. The molecule has 2 unspecified atom stereocenters. The molecule has 3 amide bonds. The number of carbonyl (C=O) groups is 3. The molecule has 0 bridgehead atoms. The number of hydrogen-bond acceptors (Lipinski definition) is 13. The van der Waals surface area contributed by atoms with Crippen LogP contribution in [0.3, 0.4) is 0 Å². The summed E-state index contributed by atoms with van der Waals surface area (Å²) in [7, 11) is -9.43. The van der Waals surface area contributed by atoms with E-state index in [1.165, 1.54) is 42.5 Å². The van der Waals surface area contributed by atoms with Crippen LogP contribution in [0.25, 0.3) is 0 Å². The maximum absolute atomic E-state index is 12.9. The fraction of sp³-hybridized carbons (Fsp3) is 0.0800. The van der Waals surface area contributed by atoms with E-state index in [1.807, 2.05) is 0 Å². The van der Waals surface area contributed by atoms with Crippen molar-refractivity contribution in [1.82, 2.24) is 0 Å². The van der Waals surface area contributed by atoms with Gasteiger partial charge in [0.15, 0.2) is 11.9 Å². The average molecular weight is 707 g/mol. The molecule has 2 heterocycles. The molecule has 2 aliphatic heterocycles. The molecule has 2 aromatic carbocycles. The van der Waals surface area contributed by atoms with Gasteiger partial charge in [-0.1, -0.05) is 24.3 Å². The van der Waals surface area contributed by atoms with Crippen molar-refractivity contribution in [3.8, 4) is 0 Å². The number of aliphatic hydroxyl groups is 1. The van der Waals surface area contributed by atoms with Crippen molar-refractivity contribution < 1.29 is 148 Å². The predicted molar refractivity (Wildman–Crippen MR) is 148 cm³/mol. The van der Waals surface area contributed by atoms with Gasteiger partial charge in [-0.2, -0.15) is 15.2 Å². The molecule has 0 spiro atoms. The van der Waals surface area contributed by atoms with E-state index in [0.717, 1.165) is 46.4 Å². The van der Waals surface area contributed by atoms with Crippen molar-refractivity contribution in [3.05, 3.63) is 84.5 Å². The first-order valence-corrected chi connectivity index (χ1v) is 14.7. The van der Waals surface area contributed by atoms with Gasteiger partial charge in [0.2, 0.25) is 0 Å². The Labute approximate surface area is 341 Å². The number of amides is 3. The van der Waals surface area contributed by atoms with E-state index in [-0.39, 0.29) is 131 Å². The topological polar surface area (TPSA) is 269 Å². The van der Waals surface area contributed by atoms with Gasteiger partial charge in [0.05, 0.1) is 32.7 Å². The number of primary amides is 2. The van der Waals surface area contributed by atoms with Gasteiger partial charge in [-0.15, -0.1) is 0 Å². The van der Waals surface area contributed by atoms with Crippen LogP contribution in [0.1, 0.15) is 0 Å². The zero-order chi connectivity index (χ0) is 31.7. The largest absolute Gasteiger partial charge is 1.00 e. The fourth-order valence-corrected chi connectivity index (χ4v) is 4.93. The summed E-state index contributed by atoms with van der Waals surface area (Å²) in [6.45, 7) is 0. The molecular formula is C25H20K2N6O10S2. The number of nitrogens with zero attached hydrogens (tertiary/aromatic N) is 4. The Kier molecular flexibility index (Phi) is 13.9. The quantitative estimate of drug-likeness (QED) is 0.0954. The molecule has 45 heavy (non-hydrogen) atoms. The Balaban J connectivity index is 0.00000353. The number of hydrogen-bond donors (Lipinski definition) is 3. The summed E-state index contributed by atoms with van der Waals surface area (Å²) >= 11 is 0. The molecule has 2 aliphatic rings. The Morgan fingerprint density at radius 2 is 1.31 bits per heavy atom. The minimum atomic E-state index is -4.72. The van der Waals surface area contributed by atoms with E-state index in [0.29, 0.717) is 0 Å². The molecule has 0 fully saturated rings. The molecule has 2 aromatic rings. The minimum Gasteiger partial charge on any atom is -0.744 e. The first-order valence-electron chi connectivity index (χ1n) is 11.9. The number of nitrogens with two attached hydrogens (primary N) is 2. The number of rotatable bonds is 9. The van der Waals surface area contributed by atoms with E-state index in [4.69, 9.17) is 11.5 Å². The number of anilines is 2. The first-order chi connectivity index (χ1) is 20.1. The maximum atomic E-state index is 12.9. The molecular weight excluding hydrogens is 687 g/mol. The SMILES string of the molecule is NC(=O)C1=NN(c2ccc(S(=O)(=O)[O-])cc2)C(=O)C1=CC=CC=CC1C(C(N)=O)=NN(c2ccc(S(=O)(=O)[O-])cc2)C1O.[K+].[K+]. The van der Waals surface area contributed by atoms with Crippen LogP contribution in [0, 0.1) is 5.92 Å². The van der Waals surface area contributed by atoms with Crippen LogP contribution < -0.4 is 124 Å². The third-order valence-corrected chi connectivity index (χ3v) is 7.73. The van der Waals surface area contributed by atoms with Crippen molar-refractivity contribution in [2.45, 2.75) is 16.0 Å². The predicted octanol–water partition coefficient (Wildman–Crippen LogP) is -6.97. The molecule has 4 rings (SSSR count). The monoisotopic (exact) mass is 706 g/mol. The molecule has 0 aliphatic carbocycles. The summed E-state index contributed by atoms with van der Waals surface area (Å²) < 4.78 is 66.9. The van der Waals surface area contributed by atoms with Crippen molar-refractivity contribution in [3.63, 3.8) is 0 Å². The van der Waals surface area contributed by atoms with Crippen LogP contribution in [-0.4, -0.2) is 66.4 Å². The van der Waals surface area contributed by atoms with Crippen LogP contribution >= 0.6 is 0 Å². The van der Waals surface area contributed by atoms with E-state index >= 15 is 0 Å². The Morgan fingerprint density at radius 3 is 1.78 bits per heavy atom. The van der Waals surface area contributed by atoms with E-state index in [9.17, 15) is 45.4 Å². The second-order valence-electron chi connectivity index (χ2n) is 8.81. The first kappa shape index (κ1) is 39.4. The molecule has 0 saturated carbocycles. The fourth-order valence-electron chi connectivity index (χ4n) is 3.99. The Morgan fingerprint density at radius 1 is 0.800 bits per heavy atom. The Bertz CT molecular complexity index is 1870. The minimum absolute atomic E-state index is 0. The second-order valence-corrected chi connectivity index (χ2v) is 11.6. The van der Waals surface area contributed by atoms with Crippen molar-refractivity contribution >= 4 is 60.8 Å². The van der Waals surface area contributed by atoms with Gasteiger partial charge < -0.3 is 25.7 Å². The smallest absolute Gasteiger partial charge is 0.744 e. The van der Waals surface area contributed by atoms with Crippen LogP contribution in [0.15, 0.2) is 104 Å². The molecule has 0 saturated heterocycles. The molecule has 5 N–H and O–H groups in total. The number of aliphatic hydroxyl groups excluding tert-OH is 1. The van der Waals surface area contributed by atoms with Gasteiger partial charge >= 0.3 is 103 Å². The van der Waals surface area contributed by atoms with Gasteiger partial charge in [-0.25, -0.2) is 21.8 Å². The number of benzene rings is 2. The van der Waals surface area contributed by atoms with Gasteiger partial charge in [0.25, 0.3) is 17.7 Å². The van der Waals surface area contributed by atoms with Crippen molar-refractivity contribution in [2.75, 3.05) is 10.0 Å².